The lowest BCUT2D eigenvalue weighted by atomic mass is 10.0. The normalized spacial score (nSPS) is 15.9. The molecule has 5 nitrogen and oxygen atoms in total. The third kappa shape index (κ3) is 4.51. The average molecular weight is 419 g/mol. The third-order valence-electron chi connectivity index (χ3n) is 4.91. The molecule has 0 saturated carbocycles. The van der Waals surface area contributed by atoms with Crippen LogP contribution in [0.25, 0.3) is 0 Å². The van der Waals surface area contributed by atoms with Crippen molar-refractivity contribution in [2.24, 2.45) is 0 Å². The van der Waals surface area contributed by atoms with Gasteiger partial charge in [0.1, 0.15) is 6.04 Å². The largest absolute Gasteiger partial charge is 0.468 e. The Labute approximate surface area is 174 Å². The van der Waals surface area contributed by atoms with Crippen LogP contribution in [0.3, 0.4) is 0 Å². The fourth-order valence-corrected chi connectivity index (χ4v) is 4.14. The highest BCUT2D eigenvalue weighted by atomic mass is 35.5. The van der Waals surface area contributed by atoms with Gasteiger partial charge in [-0.3, -0.25) is 9.69 Å². The van der Waals surface area contributed by atoms with E-state index in [0.717, 1.165) is 16.0 Å². The molecule has 2 aromatic rings. The number of esters is 1. The molecule has 0 radical (unpaired) electrons. The number of ether oxygens (including phenoxy) is 1. The number of nitrogens with zero attached hydrogens (tertiary/aromatic N) is 2. The molecule has 28 heavy (non-hydrogen) atoms. The zero-order chi connectivity index (χ0) is 20.1. The molecule has 1 unspecified atom stereocenters. The van der Waals surface area contributed by atoms with E-state index in [1.165, 1.54) is 7.11 Å². The summed E-state index contributed by atoms with van der Waals surface area (Å²) >= 11 is 7.55. The number of halogens is 1. The second-order valence-electron chi connectivity index (χ2n) is 6.51. The Morgan fingerprint density at radius 1 is 1.04 bits per heavy atom. The van der Waals surface area contributed by atoms with Crippen LogP contribution in [0.4, 0.5) is 0 Å². The zero-order valence-corrected chi connectivity index (χ0v) is 17.5. The second kappa shape index (κ2) is 9.45. The molecule has 0 spiro atoms. The lowest BCUT2D eigenvalue weighted by Gasteiger charge is -2.38. The van der Waals surface area contributed by atoms with E-state index in [1.54, 1.807) is 23.9 Å². The number of hydrogen-bond acceptors (Lipinski definition) is 5. The molecule has 1 aliphatic heterocycles. The Morgan fingerprint density at radius 2 is 1.68 bits per heavy atom. The number of piperazine rings is 1. The van der Waals surface area contributed by atoms with Gasteiger partial charge in [0.2, 0.25) is 0 Å². The highest BCUT2D eigenvalue weighted by Crippen LogP contribution is 2.26. The molecule has 148 valence electrons. The van der Waals surface area contributed by atoms with Gasteiger partial charge in [0.05, 0.1) is 12.7 Å². The van der Waals surface area contributed by atoms with Crippen LogP contribution < -0.4 is 0 Å². The summed E-state index contributed by atoms with van der Waals surface area (Å²) in [5, 5.41) is 0.621. The lowest BCUT2D eigenvalue weighted by molar-refractivity contribution is -0.148. The van der Waals surface area contributed by atoms with E-state index >= 15 is 0 Å². The molecular formula is C21H23ClN2O3S. The van der Waals surface area contributed by atoms with Crippen LogP contribution in [0.1, 0.15) is 22.0 Å². The molecule has 1 aliphatic rings. The minimum absolute atomic E-state index is 0.0331. The average Bonchev–Trinajstić information content (AvgIpc) is 2.75. The highest BCUT2D eigenvalue weighted by molar-refractivity contribution is 7.98. The van der Waals surface area contributed by atoms with Gasteiger partial charge in [-0.25, -0.2) is 4.79 Å². The van der Waals surface area contributed by atoms with Gasteiger partial charge < -0.3 is 9.64 Å². The maximum absolute atomic E-state index is 12.9. The number of rotatable bonds is 5. The molecule has 0 bridgehead atoms. The topological polar surface area (TPSA) is 49.9 Å². The van der Waals surface area contributed by atoms with Crippen molar-refractivity contribution in [1.82, 2.24) is 9.80 Å². The Balaban J connectivity index is 1.73. The predicted molar refractivity (Wildman–Crippen MR) is 112 cm³/mol. The smallest absolute Gasteiger partial charge is 0.327 e. The molecule has 2 aromatic carbocycles. The summed E-state index contributed by atoms with van der Waals surface area (Å²) in [6.07, 6.45) is 1.97. The molecule has 1 heterocycles. The van der Waals surface area contributed by atoms with Gasteiger partial charge in [-0.15, -0.1) is 11.8 Å². The molecular weight excluding hydrogens is 396 g/mol. The van der Waals surface area contributed by atoms with E-state index in [1.807, 2.05) is 47.6 Å². The van der Waals surface area contributed by atoms with Crippen molar-refractivity contribution in [2.45, 2.75) is 10.9 Å². The van der Waals surface area contributed by atoms with Gasteiger partial charge in [-0.05, 0) is 36.1 Å². The van der Waals surface area contributed by atoms with E-state index in [4.69, 9.17) is 16.3 Å². The first-order chi connectivity index (χ1) is 13.5. The van der Waals surface area contributed by atoms with E-state index in [2.05, 4.69) is 4.90 Å². The van der Waals surface area contributed by atoms with E-state index in [-0.39, 0.29) is 11.9 Å². The van der Waals surface area contributed by atoms with Crippen molar-refractivity contribution in [3.05, 3.63) is 64.7 Å². The molecule has 1 fully saturated rings. The van der Waals surface area contributed by atoms with Crippen LogP contribution in [-0.2, 0) is 9.53 Å². The van der Waals surface area contributed by atoms with Gasteiger partial charge >= 0.3 is 5.97 Å². The Hall–Kier alpha value is -2.02. The summed E-state index contributed by atoms with van der Waals surface area (Å²) in [7, 11) is 1.39. The van der Waals surface area contributed by atoms with Crippen LogP contribution in [0, 0.1) is 0 Å². The number of hydrogen-bond donors (Lipinski definition) is 0. The minimum atomic E-state index is -0.502. The summed E-state index contributed by atoms with van der Waals surface area (Å²) in [4.78, 5) is 30.3. The van der Waals surface area contributed by atoms with Gasteiger partial charge in [0, 0.05) is 36.1 Å². The molecule has 0 N–H and O–H groups in total. The van der Waals surface area contributed by atoms with Crippen LogP contribution in [0.15, 0.2) is 53.4 Å². The molecule has 1 saturated heterocycles. The number of methoxy groups -OCH3 is 1. The molecule has 1 amide bonds. The summed E-state index contributed by atoms with van der Waals surface area (Å²) in [5.41, 5.74) is 1.56. The van der Waals surface area contributed by atoms with Crippen molar-refractivity contribution in [1.29, 1.82) is 0 Å². The van der Waals surface area contributed by atoms with E-state index in [0.29, 0.717) is 31.2 Å². The number of thioether (sulfide) groups is 1. The third-order valence-corrected chi connectivity index (χ3v) is 5.96. The standard InChI is InChI=1S/C21H23ClN2O3S/c1-27-21(26)19(15-7-9-16(22)10-8-15)23-11-13-24(14-12-23)20(25)17-5-3-4-6-18(17)28-2/h3-10,19H,11-14H2,1-2H3. The monoisotopic (exact) mass is 418 g/mol. The molecule has 3 rings (SSSR count). The Kier molecular flexibility index (Phi) is 6.99. The molecule has 0 aliphatic carbocycles. The maximum atomic E-state index is 12.9. The van der Waals surface area contributed by atoms with Gasteiger partial charge in [-0.1, -0.05) is 35.9 Å². The number of benzene rings is 2. The fraction of sp³-hybridized carbons (Fsp3) is 0.333. The number of amides is 1. The van der Waals surface area contributed by atoms with Crippen molar-refractivity contribution in [2.75, 3.05) is 39.5 Å². The predicted octanol–water partition coefficient (Wildman–Crippen LogP) is 3.73. The highest BCUT2D eigenvalue weighted by Gasteiger charge is 2.32. The summed E-state index contributed by atoms with van der Waals surface area (Å²) in [5.74, 6) is -0.277. The summed E-state index contributed by atoms with van der Waals surface area (Å²) in [6.45, 7) is 2.30. The Bertz CT molecular complexity index is 836. The summed E-state index contributed by atoms with van der Waals surface area (Å²) in [6, 6.07) is 14.4. The van der Waals surface area contributed by atoms with Crippen molar-refractivity contribution >= 4 is 35.2 Å². The quantitative estimate of drug-likeness (QED) is 0.547. The van der Waals surface area contributed by atoms with Gasteiger partial charge in [-0.2, -0.15) is 0 Å². The fourth-order valence-electron chi connectivity index (χ4n) is 3.43. The number of carbonyl (C=O) groups is 2. The second-order valence-corrected chi connectivity index (χ2v) is 7.79. The van der Waals surface area contributed by atoms with Crippen LogP contribution in [-0.4, -0.2) is 61.2 Å². The van der Waals surface area contributed by atoms with Crippen LogP contribution >= 0.6 is 23.4 Å². The zero-order valence-electron chi connectivity index (χ0n) is 15.9. The first-order valence-corrected chi connectivity index (χ1v) is 10.6. The molecule has 1 atom stereocenters. The van der Waals surface area contributed by atoms with Crippen molar-refractivity contribution < 1.29 is 14.3 Å². The van der Waals surface area contributed by atoms with E-state index in [9.17, 15) is 9.59 Å². The summed E-state index contributed by atoms with van der Waals surface area (Å²) < 4.78 is 5.03. The Morgan fingerprint density at radius 3 is 2.29 bits per heavy atom. The van der Waals surface area contributed by atoms with Crippen molar-refractivity contribution in [3.63, 3.8) is 0 Å². The minimum Gasteiger partial charge on any atom is -0.468 e. The maximum Gasteiger partial charge on any atom is 0.327 e. The van der Waals surface area contributed by atoms with Crippen molar-refractivity contribution in [3.8, 4) is 0 Å². The first-order valence-electron chi connectivity index (χ1n) is 9.04. The first kappa shape index (κ1) is 20.7. The number of carbonyl (C=O) groups excluding carboxylic acids is 2. The van der Waals surface area contributed by atoms with Gasteiger partial charge in [0.15, 0.2) is 0 Å². The van der Waals surface area contributed by atoms with Gasteiger partial charge in [0.25, 0.3) is 5.91 Å². The van der Waals surface area contributed by atoms with Crippen LogP contribution in [0.2, 0.25) is 5.02 Å². The van der Waals surface area contributed by atoms with Crippen LogP contribution in [0.5, 0.6) is 0 Å². The lowest BCUT2D eigenvalue weighted by Crippen LogP contribution is -2.51. The van der Waals surface area contributed by atoms with E-state index < -0.39 is 6.04 Å². The molecule has 7 heteroatoms. The molecule has 0 aromatic heterocycles. The SMILES string of the molecule is COC(=O)C(c1ccc(Cl)cc1)N1CCN(C(=O)c2ccccc2SC)CC1.